The fourth-order valence-corrected chi connectivity index (χ4v) is 1.82. The third-order valence-electron chi connectivity index (χ3n) is 2.90. The number of benzene rings is 2. The average Bonchev–Trinajstić information content (AvgIpc) is 2.41. The Balaban J connectivity index is 2.30. The molecule has 2 aromatic carbocycles. The minimum atomic E-state index is -4.57. The maximum Gasteiger partial charge on any atom is 0.418 e. The first kappa shape index (κ1) is 15.0. The maximum atomic E-state index is 13.1. The Labute approximate surface area is 118 Å². The van der Waals surface area contributed by atoms with Gasteiger partial charge in [0.05, 0.1) is 11.3 Å². The molecule has 0 bridgehead atoms. The molecule has 1 N–H and O–H groups in total. The molecule has 0 unspecified atom stereocenters. The molecule has 2 rings (SSSR count). The van der Waals surface area contributed by atoms with Crippen molar-refractivity contribution in [3.63, 3.8) is 0 Å². The second-order valence-corrected chi connectivity index (χ2v) is 4.46. The van der Waals surface area contributed by atoms with Crippen LogP contribution in [0, 0.1) is 12.7 Å². The van der Waals surface area contributed by atoms with Crippen molar-refractivity contribution in [3.8, 4) is 0 Å². The summed E-state index contributed by atoms with van der Waals surface area (Å²) >= 11 is 0. The van der Waals surface area contributed by atoms with Gasteiger partial charge in [0.25, 0.3) is 5.91 Å². The van der Waals surface area contributed by atoms with Gasteiger partial charge in [0.2, 0.25) is 0 Å². The smallest absolute Gasteiger partial charge is 0.321 e. The first-order valence-electron chi connectivity index (χ1n) is 6.03. The molecule has 0 aliphatic heterocycles. The summed E-state index contributed by atoms with van der Waals surface area (Å²) in [5, 5.41) is 2.20. The molecule has 0 saturated carbocycles. The van der Waals surface area contributed by atoms with Crippen LogP contribution >= 0.6 is 0 Å². The van der Waals surface area contributed by atoms with E-state index in [1.54, 1.807) is 0 Å². The number of carbonyl (C=O) groups is 1. The lowest BCUT2D eigenvalue weighted by Gasteiger charge is -2.13. The molecule has 0 aliphatic carbocycles. The number of nitrogens with one attached hydrogen (secondary N) is 1. The van der Waals surface area contributed by atoms with Crippen LogP contribution in [0.2, 0.25) is 0 Å². The van der Waals surface area contributed by atoms with Crippen molar-refractivity contribution in [2.45, 2.75) is 13.1 Å². The molecule has 0 aromatic heterocycles. The standard InChI is InChI=1S/C15H11F4NO/c1-9-8-10(6-7-12(9)16)14(21)20-13-5-3-2-4-11(13)15(17,18)19/h2-8H,1H3,(H,20,21). The fraction of sp³-hybridized carbons (Fsp3) is 0.133. The van der Waals surface area contributed by atoms with E-state index in [1.807, 2.05) is 0 Å². The summed E-state index contributed by atoms with van der Waals surface area (Å²) < 4.78 is 51.6. The minimum absolute atomic E-state index is 0.0888. The van der Waals surface area contributed by atoms with Crippen LogP contribution in [0.3, 0.4) is 0 Å². The molecule has 2 aromatic rings. The topological polar surface area (TPSA) is 29.1 Å². The van der Waals surface area contributed by atoms with E-state index in [1.165, 1.54) is 31.2 Å². The lowest BCUT2D eigenvalue weighted by Crippen LogP contribution is -2.16. The van der Waals surface area contributed by atoms with E-state index in [2.05, 4.69) is 5.32 Å². The average molecular weight is 297 g/mol. The summed E-state index contributed by atoms with van der Waals surface area (Å²) in [6, 6.07) is 8.26. The Morgan fingerprint density at radius 1 is 1.10 bits per heavy atom. The van der Waals surface area contributed by atoms with Gasteiger partial charge in [-0.3, -0.25) is 4.79 Å². The first-order chi connectivity index (χ1) is 9.79. The SMILES string of the molecule is Cc1cc(C(=O)Nc2ccccc2C(F)(F)F)ccc1F. The number of carbonyl (C=O) groups excluding carboxylic acids is 1. The third kappa shape index (κ3) is 3.39. The molecular formula is C15H11F4NO. The molecule has 2 nitrogen and oxygen atoms in total. The predicted molar refractivity (Wildman–Crippen MR) is 70.5 cm³/mol. The molecule has 6 heteroatoms. The number of halogens is 4. The van der Waals surface area contributed by atoms with Crippen molar-refractivity contribution >= 4 is 11.6 Å². The predicted octanol–water partition coefficient (Wildman–Crippen LogP) is 4.41. The van der Waals surface area contributed by atoms with Crippen molar-refractivity contribution in [1.82, 2.24) is 0 Å². The van der Waals surface area contributed by atoms with Gasteiger partial charge in [-0.05, 0) is 42.8 Å². The number of hydrogen-bond acceptors (Lipinski definition) is 1. The number of amides is 1. The number of para-hydroxylation sites is 1. The van der Waals surface area contributed by atoms with Crippen LogP contribution < -0.4 is 5.32 Å². The van der Waals surface area contributed by atoms with Gasteiger partial charge >= 0.3 is 6.18 Å². The third-order valence-corrected chi connectivity index (χ3v) is 2.90. The second kappa shape index (κ2) is 5.55. The first-order valence-corrected chi connectivity index (χ1v) is 6.03. The summed E-state index contributed by atoms with van der Waals surface area (Å²) in [6.45, 7) is 1.47. The largest absolute Gasteiger partial charge is 0.418 e. The van der Waals surface area contributed by atoms with Crippen molar-refractivity contribution in [3.05, 3.63) is 65.0 Å². The summed E-state index contributed by atoms with van der Waals surface area (Å²) in [6.07, 6.45) is -4.57. The van der Waals surface area contributed by atoms with Gasteiger partial charge in [0.15, 0.2) is 0 Å². The highest BCUT2D eigenvalue weighted by Crippen LogP contribution is 2.34. The van der Waals surface area contributed by atoms with Crippen LogP contribution in [0.15, 0.2) is 42.5 Å². The number of anilines is 1. The zero-order valence-corrected chi connectivity index (χ0v) is 11.0. The highest BCUT2D eigenvalue weighted by atomic mass is 19.4. The van der Waals surface area contributed by atoms with Gasteiger partial charge in [-0.2, -0.15) is 13.2 Å². The molecule has 0 heterocycles. The van der Waals surface area contributed by atoms with Gasteiger partial charge in [0, 0.05) is 5.56 Å². The van der Waals surface area contributed by atoms with E-state index in [4.69, 9.17) is 0 Å². The molecule has 21 heavy (non-hydrogen) atoms. The zero-order chi connectivity index (χ0) is 15.6. The molecule has 0 aliphatic rings. The van der Waals surface area contributed by atoms with Crippen LogP contribution in [0.1, 0.15) is 21.5 Å². The van der Waals surface area contributed by atoms with Crippen molar-refractivity contribution < 1.29 is 22.4 Å². The summed E-state index contributed by atoms with van der Waals surface area (Å²) in [4.78, 5) is 12.0. The molecule has 1 amide bonds. The van der Waals surface area contributed by atoms with E-state index in [0.717, 1.165) is 18.2 Å². The lowest BCUT2D eigenvalue weighted by atomic mass is 10.1. The van der Waals surface area contributed by atoms with Crippen LogP contribution in [-0.2, 0) is 6.18 Å². The fourth-order valence-electron chi connectivity index (χ4n) is 1.82. The van der Waals surface area contributed by atoms with Crippen LogP contribution in [0.5, 0.6) is 0 Å². The van der Waals surface area contributed by atoms with E-state index >= 15 is 0 Å². The molecule has 0 spiro atoms. The van der Waals surface area contributed by atoms with E-state index in [0.29, 0.717) is 0 Å². The Bertz CT molecular complexity index is 680. The molecule has 0 saturated heterocycles. The number of hydrogen-bond donors (Lipinski definition) is 1. The molecule has 0 atom stereocenters. The van der Waals surface area contributed by atoms with E-state index in [9.17, 15) is 22.4 Å². The Morgan fingerprint density at radius 2 is 1.76 bits per heavy atom. The number of alkyl halides is 3. The van der Waals surface area contributed by atoms with Crippen LogP contribution in [-0.4, -0.2) is 5.91 Å². The van der Waals surface area contributed by atoms with E-state index < -0.39 is 23.5 Å². The zero-order valence-electron chi connectivity index (χ0n) is 11.0. The summed E-state index contributed by atoms with van der Waals surface area (Å²) in [5.41, 5.74) is -0.938. The normalized spacial score (nSPS) is 11.3. The van der Waals surface area contributed by atoms with Crippen LogP contribution in [0.25, 0.3) is 0 Å². The Morgan fingerprint density at radius 3 is 2.38 bits per heavy atom. The Kier molecular flexibility index (Phi) is 3.97. The van der Waals surface area contributed by atoms with Crippen LogP contribution in [0.4, 0.5) is 23.2 Å². The number of rotatable bonds is 2. The van der Waals surface area contributed by atoms with Gasteiger partial charge in [0.1, 0.15) is 5.82 Å². The monoisotopic (exact) mass is 297 g/mol. The Hall–Kier alpha value is -2.37. The molecule has 0 fully saturated rings. The summed E-state index contributed by atoms with van der Waals surface area (Å²) in [7, 11) is 0. The molecular weight excluding hydrogens is 286 g/mol. The second-order valence-electron chi connectivity index (χ2n) is 4.46. The van der Waals surface area contributed by atoms with Crippen molar-refractivity contribution in [1.29, 1.82) is 0 Å². The highest BCUT2D eigenvalue weighted by Gasteiger charge is 2.33. The van der Waals surface area contributed by atoms with Crippen molar-refractivity contribution in [2.75, 3.05) is 5.32 Å². The van der Waals surface area contributed by atoms with Gasteiger partial charge in [-0.15, -0.1) is 0 Å². The number of aryl methyl sites for hydroxylation is 1. The maximum absolute atomic E-state index is 13.1. The minimum Gasteiger partial charge on any atom is -0.321 e. The summed E-state index contributed by atoms with van der Waals surface area (Å²) in [5.74, 6) is -1.21. The molecule has 110 valence electrons. The lowest BCUT2D eigenvalue weighted by molar-refractivity contribution is -0.136. The quantitative estimate of drug-likeness (QED) is 0.818. The highest BCUT2D eigenvalue weighted by molar-refractivity contribution is 6.04. The van der Waals surface area contributed by atoms with Gasteiger partial charge < -0.3 is 5.32 Å². The van der Waals surface area contributed by atoms with E-state index in [-0.39, 0.29) is 16.8 Å². The van der Waals surface area contributed by atoms with Crippen molar-refractivity contribution in [2.24, 2.45) is 0 Å². The molecule has 0 radical (unpaired) electrons. The van der Waals surface area contributed by atoms with Gasteiger partial charge in [-0.1, -0.05) is 12.1 Å². The van der Waals surface area contributed by atoms with Gasteiger partial charge in [-0.25, -0.2) is 4.39 Å².